The van der Waals surface area contributed by atoms with Gasteiger partial charge in [0.05, 0.1) is 33.8 Å². The zero-order valence-corrected chi connectivity index (χ0v) is 44.5. The first-order valence-corrected chi connectivity index (χ1v) is 28.1. The Bertz CT molecular complexity index is 1470. The topological polar surface area (TPSA) is 111 Å². The minimum Gasteiger partial charge on any atom is -0.456 e. The van der Waals surface area contributed by atoms with Gasteiger partial charge in [0.15, 0.2) is 0 Å². The third-order valence-corrected chi connectivity index (χ3v) is 12.2. The molecule has 0 aromatic carbocycles. The number of unbranched alkanes of at least 4 members (excludes halogenated alkanes) is 21. The van der Waals surface area contributed by atoms with E-state index >= 15 is 0 Å². The van der Waals surface area contributed by atoms with E-state index in [1.54, 1.807) is 0 Å². The van der Waals surface area contributed by atoms with Crippen LogP contribution < -0.4 is 5.32 Å². The predicted molar refractivity (Wildman–Crippen MR) is 286 cm³/mol. The van der Waals surface area contributed by atoms with E-state index < -0.39 is 20.0 Å². The molecule has 9 nitrogen and oxygen atoms in total. The Hall–Kier alpha value is -3.07. The second-order valence-electron chi connectivity index (χ2n) is 18.8. The molecule has 0 saturated heterocycles. The van der Waals surface area contributed by atoms with E-state index in [1.165, 1.54) is 70.6 Å². The fourth-order valence-electron chi connectivity index (χ4n) is 7.01. The van der Waals surface area contributed by atoms with Crippen molar-refractivity contribution in [3.8, 4) is 0 Å². The maximum Gasteiger partial charge on any atom is 0.472 e. The van der Waals surface area contributed by atoms with Crippen molar-refractivity contribution in [2.24, 2.45) is 0 Å². The highest BCUT2D eigenvalue weighted by Gasteiger charge is 2.30. The molecule has 0 spiro atoms. The summed E-state index contributed by atoms with van der Waals surface area (Å²) < 4.78 is 30.5. The summed E-state index contributed by atoms with van der Waals surface area (Å²) in [5.74, 6) is -0.576. The van der Waals surface area contributed by atoms with Crippen LogP contribution in [-0.4, -0.2) is 74.3 Å². The number of carbonyl (C=O) groups excluding carboxylic acids is 2. The van der Waals surface area contributed by atoms with Gasteiger partial charge in [-0.05, 0) is 70.3 Å². The summed E-state index contributed by atoms with van der Waals surface area (Å²) >= 11 is 0. The molecule has 67 heavy (non-hydrogen) atoms. The number of nitrogens with one attached hydrogen (secondary N) is 1. The Labute approximate surface area is 411 Å². The van der Waals surface area contributed by atoms with E-state index in [0.717, 1.165) is 89.9 Å². The Morgan fingerprint density at radius 2 is 0.985 bits per heavy atom. The summed E-state index contributed by atoms with van der Waals surface area (Å²) in [6.07, 6.45) is 61.1. The van der Waals surface area contributed by atoms with Gasteiger partial charge >= 0.3 is 13.8 Å². The molecule has 0 aromatic rings. The van der Waals surface area contributed by atoms with Gasteiger partial charge in [0.1, 0.15) is 19.3 Å². The van der Waals surface area contributed by atoms with Crippen LogP contribution in [0.15, 0.2) is 97.2 Å². The number of likely N-dealkylation sites (N-methyl/N-ethyl adjacent to an activating group) is 1. The van der Waals surface area contributed by atoms with E-state index in [2.05, 4.69) is 50.4 Å². The van der Waals surface area contributed by atoms with E-state index in [9.17, 15) is 19.0 Å². The lowest BCUT2D eigenvalue weighted by atomic mass is 10.0. The molecule has 0 aliphatic carbocycles. The van der Waals surface area contributed by atoms with Crippen molar-refractivity contribution in [2.45, 2.75) is 213 Å². The number of hydrogen-bond donors (Lipinski definition) is 2. The fourth-order valence-corrected chi connectivity index (χ4v) is 7.74. The Morgan fingerprint density at radius 3 is 1.54 bits per heavy atom. The number of quaternary nitrogens is 1. The maximum atomic E-state index is 13.4. The van der Waals surface area contributed by atoms with Gasteiger partial charge in [-0.1, -0.05) is 215 Å². The molecule has 0 fully saturated rings. The highest BCUT2D eigenvalue weighted by molar-refractivity contribution is 7.47. The zero-order valence-electron chi connectivity index (χ0n) is 43.6. The van der Waals surface area contributed by atoms with Crippen molar-refractivity contribution < 1.29 is 37.3 Å². The quantitative estimate of drug-likeness (QED) is 0.0156. The number of phosphoric ester groups is 1. The van der Waals surface area contributed by atoms with Crippen LogP contribution in [0.3, 0.4) is 0 Å². The maximum absolute atomic E-state index is 13.4. The molecule has 3 unspecified atom stereocenters. The van der Waals surface area contributed by atoms with Gasteiger partial charge in [0, 0.05) is 12.8 Å². The molecule has 3 atom stereocenters. The molecule has 0 saturated carbocycles. The summed E-state index contributed by atoms with van der Waals surface area (Å²) in [6.45, 7) is 6.76. The number of carbonyl (C=O) groups is 2. The van der Waals surface area contributed by atoms with Gasteiger partial charge in [-0.15, -0.1) is 0 Å². The van der Waals surface area contributed by atoms with Crippen molar-refractivity contribution >= 4 is 19.7 Å². The molecule has 0 aromatic heterocycles. The number of amides is 1. The molecule has 0 bridgehead atoms. The number of rotatable bonds is 46. The van der Waals surface area contributed by atoms with Gasteiger partial charge in [-0.3, -0.25) is 18.6 Å². The molecule has 384 valence electrons. The third-order valence-electron chi connectivity index (χ3n) is 11.2. The molecule has 0 heterocycles. The molecule has 2 N–H and O–H groups in total. The van der Waals surface area contributed by atoms with Crippen LogP contribution in [0.1, 0.15) is 201 Å². The summed E-state index contributed by atoms with van der Waals surface area (Å²) in [6, 6.07) is -0.874. The SMILES string of the molecule is CC\C=C/C=C/C=C/C=C\C=C\C=C\CCCCCC(=O)OC(/C=C\CCCCCCCCCCCCC)C(COP(=O)(O)OCC[N+](C)(C)C)NC(=O)CCCCCCC/C=C\CCCC. The van der Waals surface area contributed by atoms with Crippen LogP contribution in [-0.2, 0) is 27.9 Å². The number of nitrogens with zero attached hydrogens (tertiary/aromatic N) is 1. The minimum absolute atomic E-state index is 0.0261. The molecule has 1 amide bonds. The number of esters is 1. The molecular weight excluding hydrogens is 856 g/mol. The summed E-state index contributed by atoms with van der Waals surface area (Å²) in [4.78, 5) is 37.4. The number of hydrogen-bond acceptors (Lipinski definition) is 6. The first-order valence-electron chi connectivity index (χ1n) is 26.6. The van der Waals surface area contributed by atoms with Gasteiger partial charge in [0.25, 0.3) is 0 Å². The van der Waals surface area contributed by atoms with E-state index in [0.29, 0.717) is 23.9 Å². The minimum atomic E-state index is -4.46. The zero-order chi connectivity index (χ0) is 49.4. The predicted octanol–water partition coefficient (Wildman–Crippen LogP) is 15.7. The highest BCUT2D eigenvalue weighted by atomic mass is 31.2. The van der Waals surface area contributed by atoms with Crippen LogP contribution in [0.25, 0.3) is 0 Å². The Morgan fingerprint density at radius 1 is 0.537 bits per heavy atom. The Balaban J connectivity index is 5.54. The number of phosphoric acid groups is 1. The van der Waals surface area contributed by atoms with Crippen LogP contribution in [0.5, 0.6) is 0 Å². The van der Waals surface area contributed by atoms with Crippen LogP contribution in [0.2, 0.25) is 0 Å². The van der Waals surface area contributed by atoms with Gasteiger partial charge in [0.2, 0.25) is 5.91 Å². The summed E-state index contributed by atoms with van der Waals surface area (Å²) in [5.41, 5.74) is 0. The van der Waals surface area contributed by atoms with Crippen molar-refractivity contribution in [1.82, 2.24) is 5.32 Å². The monoisotopic (exact) mass is 956 g/mol. The van der Waals surface area contributed by atoms with Gasteiger partial charge < -0.3 is 19.4 Å². The van der Waals surface area contributed by atoms with E-state index in [-0.39, 0.29) is 31.5 Å². The van der Waals surface area contributed by atoms with Crippen molar-refractivity contribution in [2.75, 3.05) is 40.9 Å². The van der Waals surface area contributed by atoms with Crippen molar-refractivity contribution in [1.29, 1.82) is 0 Å². The van der Waals surface area contributed by atoms with Crippen LogP contribution in [0, 0.1) is 0 Å². The fraction of sp³-hybridized carbons (Fsp3) is 0.684. The summed E-state index contributed by atoms with van der Waals surface area (Å²) in [5, 5.41) is 3.02. The van der Waals surface area contributed by atoms with Crippen molar-refractivity contribution in [3.63, 3.8) is 0 Å². The molecule has 10 heteroatoms. The lowest BCUT2D eigenvalue weighted by molar-refractivity contribution is -0.870. The molecule has 0 rings (SSSR count). The smallest absolute Gasteiger partial charge is 0.456 e. The van der Waals surface area contributed by atoms with Crippen molar-refractivity contribution in [3.05, 3.63) is 97.2 Å². The largest absolute Gasteiger partial charge is 0.472 e. The third kappa shape index (κ3) is 47.8. The first kappa shape index (κ1) is 63.9. The Kier molecular flexibility index (Phi) is 44.5. The normalized spacial score (nSPS) is 14.7. The first-order chi connectivity index (χ1) is 32.4. The molecule has 0 aliphatic heterocycles. The average molecular weight is 956 g/mol. The van der Waals surface area contributed by atoms with E-state index in [1.807, 2.05) is 94.1 Å². The second-order valence-corrected chi connectivity index (χ2v) is 20.3. The lowest BCUT2D eigenvalue weighted by Crippen LogP contribution is -2.47. The summed E-state index contributed by atoms with van der Waals surface area (Å²) in [7, 11) is 1.45. The number of ether oxygens (including phenoxy) is 1. The molecule has 0 radical (unpaired) electrons. The standard InChI is InChI=1S/C57H99N2O7P/c1-7-10-13-16-19-22-25-27-28-29-30-32-35-38-41-44-47-50-57(61)66-55(48-45-42-39-36-34-31-26-23-20-17-14-11-8-2)54(53-65-67(62,63)64-52-51-59(4,5)6)58-56(60)49-46-43-40-37-33-24-21-18-15-12-9-3/h10,13,16,18-19,21-22,25,27-30,32,35,45,48,54-55H,7-9,11-12,14-15,17,20,23-24,26,31,33-34,36-44,46-47,49-53H2,1-6H3,(H-,58,60,62,63)/p+1/b13-10-,19-16+,21-18-,25-22+,28-27-,30-29+,35-32+,48-45-. The number of allylic oxidation sites excluding steroid dienone is 15. The average Bonchev–Trinajstić information content (AvgIpc) is 3.28. The van der Waals surface area contributed by atoms with Crippen LogP contribution >= 0.6 is 7.82 Å². The van der Waals surface area contributed by atoms with Gasteiger partial charge in [-0.2, -0.15) is 0 Å². The molecule has 0 aliphatic rings. The highest BCUT2D eigenvalue weighted by Crippen LogP contribution is 2.43. The lowest BCUT2D eigenvalue weighted by Gasteiger charge is -2.27. The van der Waals surface area contributed by atoms with E-state index in [4.69, 9.17) is 13.8 Å². The van der Waals surface area contributed by atoms with Crippen LogP contribution in [0.4, 0.5) is 0 Å². The van der Waals surface area contributed by atoms with Gasteiger partial charge in [-0.25, -0.2) is 4.57 Å². The second kappa shape index (κ2) is 46.6. The molecular formula is C57H100N2O7P+.